The summed E-state index contributed by atoms with van der Waals surface area (Å²) in [6.07, 6.45) is 86.8. The zero-order chi connectivity index (χ0) is 76.0. The minimum absolute atomic E-state index is 0.0594. The fraction of sp³-hybridized carbons (Fsp3) is 0.671. The lowest BCUT2D eigenvalue weighted by molar-refractivity contribution is -0.161. The maximum Gasteiger partial charge on any atom is 0.472 e. The molecule has 0 aliphatic carbocycles. The first-order chi connectivity index (χ1) is 50.7. The van der Waals surface area contributed by atoms with Crippen LogP contribution in [0, 0.1) is 0 Å². The molecule has 3 N–H and O–H groups in total. The number of hydrogen-bond acceptors (Lipinski definition) is 15. The molecule has 5 unspecified atom stereocenters. The molecule has 19 heteroatoms. The van der Waals surface area contributed by atoms with E-state index in [1.807, 2.05) is 0 Å². The summed E-state index contributed by atoms with van der Waals surface area (Å²) in [6, 6.07) is 0. The second-order valence-corrected chi connectivity index (χ2v) is 29.1. The summed E-state index contributed by atoms with van der Waals surface area (Å²) in [5, 5.41) is 10.6. The van der Waals surface area contributed by atoms with E-state index in [0.717, 1.165) is 199 Å². The van der Waals surface area contributed by atoms with Gasteiger partial charge in [0.05, 0.1) is 26.4 Å². The number of allylic oxidation sites excluding steroid dienone is 24. The number of rotatable bonds is 74. The highest BCUT2D eigenvalue weighted by atomic mass is 31.2. The van der Waals surface area contributed by atoms with Gasteiger partial charge in [0.25, 0.3) is 0 Å². The third kappa shape index (κ3) is 75.2. The van der Waals surface area contributed by atoms with E-state index in [4.69, 9.17) is 37.0 Å². The summed E-state index contributed by atoms with van der Waals surface area (Å²) < 4.78 is 68.5. The molecule has 104 heavy (non-hydrogen) atoms. The van der Waals surface area contributed by atoms with Crippen LogP contribution in [0.3, 0.4) is 0 Å². The monoisotopic (exact) mass is 1500 g/mol. The molecular formula is C85H142O17P2. The van der Waals surface area contributed by atoms with Crippen LogP contribution in [0.1, 0.15) is 310 Å². The third-order valence-corrected chi connectivity index (χ3v) is 18.2. The van der Waals surface area contributed by atoms with Crippen molar-refractivity contribution in [1.29, 1.82) is 0 Å². The number of carbonyl (C=O) groups excluding carboxylic acids is 4. The number of hydrogen-bond donors (Lipinski definition) is 3. The summed E-state index contributed by atoms with van der Waals surface area (Å²) in [4.78, 5) is 73.0. The lowest BCUT2D eigenvalue weighted by atomic mass is 10.1. The van der Waals surface area contributed by atoms with Gasteiger partial charge in [0.2, 0.25) is 0 Å². The molecular weight excluding hydrogens is 1350 g/mol. The van der Waals surface area contributed by atoms with Gasteiger partial charge in [-0.1, -0.05) is 270 Å². The number of esters is 4. The Morgan fingerprint density at radius 3 is 0.808 bits per heavy atom. The Labute approximate surface area is 630 Å². The number of aliphatic hydroxyl groups is 1. The SMILES string of the molecule is CC/C=C\C/C=C\C/C=C\C/C=C\CCCCCCC(=O)OCC(COP(=O)(O)OCC(O)COP(=O)(O)OCC(COC(=O)CCCCCCCC/C=C\C/C=C\C/C=C\CCCCC)OC(=O)CCCCCC/C=C\C/C=C\C/C=C\C/C=C\CC)OC(=O)CCCCCCC/C=C\CCCC. The first kappa shape index (κ1) is 98.9. The van der Waals surface area contributed by atoms with E-state index in [2.05, 4.69) is 174 Å². The van der Waals surface area contributed by atoms with Crippen molar-refractivity contribution in [2.75, 3.05) is 39.6 Å². The first-order valence-corrected chi connectivity index (χ1v) is 43.1. The van der Waals surface area contributed by atoms with Crippen molar-refractivity contribution in [3.05, 3.63) is 146 Å². The summed E-state index contributed by atoms with van der Waals surface area (Å²) >= 11 is 0. The molecule has 0 radical (unpaired) electrons. The van der Waals surface area contributed by atoms with Gasteiger partial charge in [0.1, 0.15) is 19.3 Å². The van der Waals surface area contributed by atoms with Gasteiger partial charge in [0.15, 0.2) is 12.2 Å². The van der Waals surface area contributed by atoms with Crippen molar-refractivity contribution in [2.24, 2.45) is 0 Å². The lowest BCUT2D eigenvalue weighted by Gasteiger charge is -2.21. The standard InChI is InChI=1S/C85H142O17P2/c1-5-9-13-17-21-25-29-32-35-38-39-42-44-47-51-54-58-62-66-70-83(88)96-76-81(102-85(90)72-68-64-60-56-52-48-45-41-37-34-31-27-23-19-15-11-7-3)78-100-104(93,94)98-74-79(86)73-97-103(91,92)99-77-80(101-84(89)71-67-63-59-55-49-28-24-20-16-12-8-4)75-95-82(87)69-65-61-57-53-50-46-43-40-36-33-30-26-22-18-14-10-6-2/h10-11,14-15,20-27,32-37,39,42-43,45-46,48,79-81,86H,5-9,12-13,16-19,28-31,38,40-41,44,47,49-78H2,1-4H3,(H,91,92)(H,93,94)/b14-10-,15-11-,24-20-,25-21-,26-22-,27-23-,35-32-,36-33-,37-34-,42-39-,46-43-,48-45-. The van der Waals surface area contributed by atoms with Crippen LogP contribution < -0.4 is 0 Å². The topological polar surface area (TPSA) is 237 Å². The summed E-state index contributed by atoms with van der Waals surface area (Å²) in [6.45, 7) is 4.50. The molecule has 0 aliphatic rings. The quantitative estimate of drug-likeness (QED) is 0.0169. The van der Waals surface area contributed by atoms with Crippen molar-refractivity contribution >= 4 is 39.5 Å². The fourth-order valence-corrected chi connectivity index (χ4v) is 11.8. The van der Waals surface area contributed by atoms with Gasteiger partial charge in [0, 0.05) is 25.7 Å². The van der Waals surface area contributed by atoms with E-state index < -0.39 is 97.5 Å². The molecule has 0 heterocycles. The molecule has 0 bridgehead atoms. The summed E-state index contributed by atoms with van der Waals surface area (Å²) in [7, 11) is -9.98. The summed E-state index contributed by atoms with van der Waals surface area (Å²) in [5.74, 6) is -2.26. The molecule has 0 aromatic carbocycles. The van der Waals surface area contributed by atoms with Gasteiger partial charge in [-0.15, -0.1) is 0 Å². The summed E-state index contributed by atoms with van der Waals surface area (Å²) in [5.41, 5.74) is 0. The average Bonchev–Trinajstić information content (AvgIpc) is 0.906. The molecule has 0 aromatic heterocycles. The van der Waals surface area contributed by atoms with E-state index >= 15 is 0 Å². The van der Waals surface area contributed by atoms with E-state index in [1.165, 1.54) is 32.1 Å². The number of carbonyl (C=O) groups is 4. The predicted molar refractivity (Wildman–Crippen MR) is 427 cm³/mol. The molecule has 5 atom stereocenters. The Morgan fingerprint density at radius 2 is 0.510 bits per heavy atom. The van der Waals surface area contributed by atoms with Crippen molar-refractivity contribution in [1.82, 2.24) is 0 Å². The Kier molecular flexibility index (Phi) is 72.4. The van der Waals surface area contributed by atoms with E-state index in [0.29, 0.717) is 25.7 Å². The minimum atomic E-state index is -4.99. The third-order valence-electron chi connectivity index (χ3n) is 16.3. The Hall–Kier alpha value is -5.06. The van der Waals surface area contributed by atoms with Crippen molar-refractivity contribution in [3.63, 3.8) is 0 Å². The van der Waals surface area contributed by atoms with Gasteiger partial charge in [-0.3, -0.25) is 37.3 Å². The van der Waals surface area contributed by atoms with E-state index in [1.54, 1.807) is 0 Å². The van der Waals surface area contributed by atoms with Gasteiger partial charge in [-0.25, -0.2) is 9.13 Å². The van der Waals surface area contributed by atoms with Crippen LogP contribution in [0.25, 0.3) is 0 Å². The second-order valence-electron chi connectivity index (χ2n) is 26.2. The Morgan fingerprint density at radius 1 is 0.279 bits per heavy atom. The van der Waals surface area contributed by atoms with Crippen LogP contribution >= 0.6 is 15.6 Å². The highest BCUT2D eigenvalue weighted by Gasteiger charge is 2.30. The van der Waals surface area contributed by atoms with Crippen LogP contribution in [-0.2, 0) is 65.4 Å². The van der Waals surface area contributed by atoms with Crippen molar-refractivity contribution in [3.8, 4) is 0 Å². The lowest BCUT2D eigenvalue weighted by Crippen LogP contribution is -2.30. The second kappa shape index (κ2) is 76.1. The minimum Gasteiger partial charge on any atom is -0.462 e. The number of phosphoric ester groups is 2. The zero-order valence-corrected chi connectivity index (χ0v) is 66.7. The zero-order valence-electron chi connectivity index (χ0n) is 64.9. The van der Waals surface area contributed by atoms with Gasteiger partial charge >= 0.3 is 39.5 Å². The first-order valence-electron chi connectivity index (χ1n) is 40.1. The predicted octanol–water partition coefficient (Wildman–Crippen LogP) is 23.4. The molecule has 0 amide bonds. The number of aliphatic hydroxyl groups excluding tert-OH is 1. The van der Waals surface area contributed by atoms with Crippen molar-refractivity contribution in [2.45, 2.75) is 329 Å². The normalized spacial score (nSPS) is 14.6. The highest BCUT2D eigenvalue weighted by molar-refractivity contribution is 7.47. The van der Waals surface area contributed by atoms with Crippen molar-refractivity contribution < 1.29 is 80.2 Å². The molecule has 17 nitrogen and oxygen atoms in total. The van der Waals surface area contributed by atoms with Gasteiger partial charge in [-0.05, 0) is 161 Å². The average molecular weight is 1500 g/mol. The van der Waals surface area contributed by atoms with Crippen LogP contribution in [-0.4, -0.2) is 96.7 Å². The molecule has 0 rings (SSSR count). The molecule has 0 saturated carbocycles. The molecule has 594 valence electrons. The largest absolute Gasteiger partial charge is 0.472 e. The molecule has 0 aliphatic heterocycles. The molecule has 0 fully saturated rings. The van der Waals surface area contributed by atoms with Crippen LogP contribution in [0.4, 0.5) is 0 Å². The fourth-order valence-electron chi connectivity index (χ4n) is 10.2. The molecule has 0 saturated heterocycles. The Bertz CT molecular complexity index is 2540. The Balaban J connectivity index is 5.40. The number of unbranched alkanes of at least 4 members (excludes halogenated alkanes) is 24. The molecule has 0 aromatic rings. The molecule has 0 spiro atoms. The number of phosphoric acid groups is 2. The van der Waals surface area contributed by atoms with Crippen LogP contribution in [0.2, 0.25) is 0 Å². The van der Waals surface area contributed by atoms with Gasteiger partial charge < -0.3 is 33.8 Å². The van der Waals surface area contributed by atoms with Crippen LogP contribution in [0.5, 0.6) is 0 Å². The van der Waals surface area contributed by atoms with Gasteiger partial charge in [-0.2, -0.15) is 0 Å². The highest BCUT2D eigenvalue weighted by Crippen LogP contribution is 2.45. The van der Waals surface area contributed by atoms with E-state index in [9.17, 15) is 43.2 Å². The van der Waals surface area contributed by atoms with E-state index in [-0.39, 0.29) is 25.7 Å². The maximum atomic E-state index is 13.1. The maximum absolute atomic E-state index is 13.1. The van der Waals surface area contributed by atoms with Crippen LogP contribution in [0.15, 0.2) is 146 Å². The number of ether oxygens (including phenoxy) is 4. The smallest absolute Gasteiger partial charge is 0.462 e.